The topological polar surface area (TPSA) is 0 Å². The normalized spacial score (nSPS) is 22.2. The maximum atomic E-state index is 2.40. The summed E-state index contributed by atoms with van der Waals surface area (Å²) in [5, 5.41) is 0. The van der Waals surface area contributed by atoms with Crippen molar-refractivity contribution < 1.29 is 0 Å². The molecule has 0 heterocycles. The lowest BCUT2D eigenvalue weighted by Crippen LogP contribution is -2.14. The SMILES string of the molecule is CCCC(C)CC1CCC1. The van der Waals surface area contributed by atoms with Gasteiger partial charge >= 0.3 is 0 Å². The highest BCUT2D eigenvalue weighted by Gasteiger charge is 2.19. The summed E-state index contributed by atoms with van der Waals surface area (Å²) in [5.41, 5.74) is 0. The molecule has 0 aromatic rings. The minimum absolute atomic E-state index is 0.996. The molecule has 0 saturated heterocycles. The Morgan fingerprint density at radius 2 is 2.10 bits per heavy atom. The van der Waals surface area contributed by atoms with Gasteiger partial charge in [-0.3, -0.25) is 0 Å². The molecule has 0 N–H and O–H groups in total. The van der Waals surface area contributed by atoms with Crippen molar-refractivity contribution in [3.63, 3.8) is 0 Å². The van der Waals surface area contributed by atoms with Crippen molar-refractivity contribution in [3.05, 3.63) is 0 Å². The van der Waals surface area contributed by atoms with E-state index in [2.05, 4.69) is 13.8 Å². The van der Waals surface area contributed by atoms with Gasteiger partial charge in [0.2, 0.25) is 0 Å². The minimum Gasteiger partial charge on any atom is -0.0654 e. The Morgan fingerprint density at radius 1 is 1.40 bits per heavy atom. The lowest BCUT2D eigenvalue weighted by atomic mass is 9.78. The average Bonchev–Trinajstić information content (AvgIpc) is 1.80. The maximum Gasteiger partial charge on any atom is -0.0412 e. The van der Waals surface area contributed by atoms with Crippen LogP contribution >= 0.6 is 0 Å². The molecule has 1 atom stereocenters. The van der Waals surface area contributed by atoms with Crippen LogP contribution in [0, 0.1) is 11.8 Å². The Bertz CT molecular complexity index is 82.0. The van der Waals surface area contributed by atoms with E-state index in [-0.39, 0.29) is 0 Å². The molecular formula is C10H20. The van der Waals surface area contributed by atoms with Gasteiger partial charge in [0.25, 0.3) is 0 Å². The first-order valence-electron chi connectivity index (χ1n) is 4.83. The summed E-state index contributed by atoms with van der Waals surface area (Å²) in [6.45, 7) is 4.69. The molecule has 0 aliphatic heterocycles. The van der Waals surface area contributed by atoms with Gasteiger partial charge in [-0.2, -0.15) is 0 Å². The van der Waals surface area contributed by atoms with Gasteiger partial charge in [-0.15, -0.1) is 0 Å². The summed E-state index contributed by atoms with van der Waals surface area (Å²) in [5.74, 6) is 2.11. The van der Waals surface area contributed by atoms with Crippen molar-refractivity contribution in [1.82, 2.24) is 0 Å². The summed E-state index contributed by atoms with van der Waals surface area (Å²) >= 11 is 0. The monoisotopic (exact) mass is 140 g/mol. The second kappa shape index (κ2) is 4.00. The van der Waals surface area contributed by atoms with Crippen LogP contribution in [0.2, 0.25) is 0 Å². The fourth-order valence-electron chi connectivity index (χ4n) is 1.91. The summed E-state index contributed by atoms with van der Waals surface area (Å²) in [7, 11) is 0. The summed E-state index contributed by atoms with van der Waals surface area (Å²) in [6.07, 6.45) is 8.86. The van der Waals surface area contributed by atoms with E-state index < -0.39 is 0 Å². The zero-order valence-corrected chi connectivity index (χ0v) is 7.40. The van der Waals surface area contributed by atoms with Gasteiger partial charge in [-0.25, -0.2) is 0 Å². The minimum atomic E-state index is 0.996. The van der Waals surface area contributed by atoms with Crippen LogP contribution in [-0.2, 0) is 0 Å². The molecule has 10 heavy (non-hydrogen) atoms. The Labute approximate surface area is 65.0 Å². The Kier molecular flexibility index (Phi) is 3.24. The smallest absolute Gasteiger partial charge is 0.0412 e. The zero-order valence-electron chi connectivity index (χ0n) is 7.40. The number of rotatable bonds is 4. The molecule has 1 rings (SSSR count). The fraction of sp³-hybridized carbons (Fsp3) is 1.00. The van der Waals surface area contributed by atoms with Gasteiger partial charge in [-0.05, 0) is 18.3 Å². The van der Waals surface area contributed by atoms with Crippen molar-refractivity contribution in [2.24, 2.45) is 11.8 Å². The van der Waals surface area contributed by atoms with Crippen molar-refractivity contribution in [2.75, 3.05) is 0 Å². The molecule has 0 radical (unpaired) electrons. The molecule has 1 aliphatic carbocycles. The van der Waals surface area contributed by atoms with E-state index in [9.17, 15) is 0 Å². The first kappa shape index (κ1) is 8.10. The first-order valence-corrected chi connectivity index (χ1v) is 4.83. The molecule has 0 bridgehead atoms. The largest absolute Gasteiger partial charge is 0.0654 e. The molecule has 0 heteroatoms. The fourth-order valence-corrected chi connectivity index (χ4v) is 1.91. The Hall–Kier alpha value is 0. The molecule has 0 aromatic carbocycles. The van der Waals surface area contributed by atoms with E-state index in [1.54, 1.807) is 0 Å². The van der Waals surface area contributed by atoms with Gasteiger partial charge in [0, 0.05) is 0 Å². The van der Waals surface area contributed by atoms with E-state index in [0.29, 0.717) is 0 Å². The molecule has 1 unspecified atom stereocenters. The lowest BCUT2D eigenvalue weighted by molar-refractivity contribution is 0.250. The van der Waals surface area contributed by atoms with Gasteiger partial charge in [0.05, 0.1) is 0 Å². The molecule has 60 valence electrons. The molecule has 0 nitrogen and oxygen atoms in total. The zero-order chi connectivity index (χ0) is 7.40. The Balaban J connectivity index is 1.99. The highest BCUT2D eigenvalue weighted by atomic mass is 14.2. The van der Waals surface area contributed by atoms with Crippen molar-refractivity contribution in [3.8, 4) is 0 Å². The van der Waals surface area contributed by atoms with Crippen LogP contribution in [0.25, 0.3) is 0 Å². The lowest BCUT2D eigenvalue weighted by Gasteiger charge is -2.27. The third-order valence-electron chi connectivity index (χ3n) is 2.74. The predicted octanol–water partition coefficient (Wildman–Crippen LogP) is 3.61. The van der Waals surface area contributed by atoms with E-state index in [1.807, 2.05) is 0 Å². The second-order valence-corrected chi connectivity index (χ2v) is 3.93. The van der Waals surface area contributed by atoms with Crippen molar-refractivity contribution >= 4 is 0 Å². The summed E-state index contributed by atoms with van der Waals surface area (Å²) in [4.78, 5) is 0. The van der Waals surface area contributed by atoms with Crippen molar-refractivity contribution in [1.29, 1.82) is 0 Å². The van der Waals surface area contributed by atoms with Gasteiger partial charge in [-0.1, -0.05) is 46.0 Å². The third kappa shape index (κ3) is 2.32. The summed E-state index contributed by atoms with van der Waals surface area (Å²) in [6, 6.07) is 0. The second-order valence-electron chi connectivity index (χ2n) is 3.93. The van der Waals surface area contributed by atoms with Crippen molar-refractivity contribution in [2.45, 2.75) is 52.4 Å². The average molecular weight is 140 g/mol. The third-order valence-corrected chi connectivity index (χ3v) is 2.74. The van der Waals surface area contributed by atoms with Crippen LogP contribution in [0.4, 0.5) is 0 Å². The van der Waals surface area contributed by atoms with Crippen LogP contribution < -0.4 is 0 Å². The van der Waals surface area contributed by atoms with Crippen LogP contribution in [-0.4, -0.2) is 0 Å². The highest BCUT2D eigenvalue weighted by molar-refractivity contribution is 4.71. The van der Waals surface area contributed by atoms with Gasteiger partial charge in [0.1, 0.15) is 0 Å². The number of hydrogen-bond donors (Lipinski definition) is 0. The first-order chi connectivity index (χ1) is 4.83. The van der Waals surface area contributed by atoms with Gasteiger partial charge < -0.3 is 0 Å². The van der Waals surface area contributed by atoms with E-state index in [1.165, 1.54) is 38.5 Å². The van der Waals surface area contributed by atoms with Crippen LogP contribution in [0.15, 0.2) is 0 Å². The quantitative estimate of drug-likeness (QED) is 0.559. The van der Waals surface area contributed by atoms with Crippen LogP contribution in [0.5, 0.6) is 0 Å². The molecule has 1 fully saturated rings. The number of hydrogen-bond acceptors (Lipinski definition) is 0. The molecule has 0 aromatic heterocycles. The van der Waals surface area contributed by atoms with Crippen LogP contribution in [0.3, 0.4) is 0 Å². The summed E-state index contributed by atoms with van der Waals surface area (Å²) < 4.78 is 0. The standard InChI is InChI=1S/C10H20/c1-3-5-9(2)8-10-6-4-7-10/h9-10H,3-8H2,1-2H3. The highest BCUT2D eigenvalue weighted by Crippen LogP contribution is 2.33. The maximum absolute atomic E-state index is 2.40. The molecule has 0 amide bonds. The Morgan fingerprint density at radius 3 is 2.50 bits per heavy atom. The molecule has 1 saturated carbocycles. The van der Waals surface area contributed by atoms with Crippen LogP contribution in [0.1, 0.15) is 52.4 Å². The molecule has 1 aliphatic rings. The molecular weight excluding hydrogens is 120 g/mol. The van der Waals surface area contributed by atoms with E-state index >= 15 is 0 Å². The van der Waals surface area contributed by atoms with E-state index in [4.69, 9.17) is 0 Å². The molecule has 0 spiro atoms. The van der Waals surface area contributed by atoms with Gasteiger partial charge in [0.15, 0.2) is 0 Å². The predicted molar refractivity (Wildman–Crippen MR) is 46.0 cm³/mol. The van der Waals surface area contributed by atoms with E-state index in [0.717, 1.165) is 11.8 Å².